The number of nitrogens with one attached hydrogen (secondary N) is 1. The molecule has 1 aromatic carbocycles. The molecule has 1 unspecified atom stereocenters. The van der Waals surface area contributed by atoms with Crippen LogP contribution >= 0.6 is 15.9 Å². The van der Waals surface area contributed by atoms with Gasteiger partial charge in [0.1, 0.15) is 5.82 Å². The van der Waals surface area contributed by atoms with Crippen molar-refractivity contribution in [2.45, 2.75) is 25.3 Å². The van der Waals surface area contributed by atoms with E-state index in [9.17, 15) is 4.39 Å². The van der Waals surface area contributed by atoms with Crippen molar-refractivity contribution in [3.05, 3.63) is 28.5 Å². The normalized spacial score (nSPS) is 23.7. The molecule has 3 rings (SSSR count). The van der Waals surface area contributed by atoms with E-state index in [0.29, 0.717) is 5.92 Å². The first-order chi connectivity index (χ1) is 8.74. The number of para-hydroxylation sites is 1. The predicted octanol–water partition coefficient (Wildman–Crippen LogP) is 3.17. The molecule has 4 heteroatoms. The van der Waals surface area contributed by atoms with Crippen LogP contribution in [-0.2, 0) is 0 Å². The maximum absolute atomic E-state index is 13.9. The van der Waals surface area contributed by atoms with E-state index in [1.165, 1.54) is 18.9 Å². The molecule has 1 aromatic rings. The van der Waals surface area contributed by atoms with Crippen molar-refractivity contribution >= 4 is 21.6 Å². The van der Waals surface area contributed by atoms with Gasteiger partial charge in [0.15, 0.2) is 0 Å². The molecular formula is C14H18BrFN2. The van der Waals surface area contributed by atoms with Crippen LogP contribution in [0.15, 0.2) is 22.7 Å². The molecule has 0 amide bonds. The number of hydrogen-bond acceptors (Lipinski definition) is 2. The van der Waals surface area contributed by atoms with E-state index in [-0.39, 0.29) is 5.82 Å². The van der Waals surface area contributed by atoms with E-state index in [4.69, 9.17) is 0 Å². The van der Waals surface area contributed by atoms with Crippen molar-refractivity contribution in [2.75, 3.05) is 24.5 Å². The first kappa shape index (κ1) is 12.4. The summed E-state index contributed by atoms with van der Waals surface area (Å²) in [6, 6.07) is 5.95. The summed E-state index contributed by atoms with van der Waals surface area (Å²) < 4.78 is 14.7. The Bertz CT molecular complexity index is 414. The third-order valence-corrected chi connectivity index (χ3v) is 4.45. The Kier molecular flexibility index (Phi) is 3.57. The Morgan fingerprint density at radius 3 is 2.89 bits per heavy atom. The summed E-state index contributed by atoms with van der Waals surface area (Å²) in [6.07, 6.45) is 3.81. The molecule has 0 spiro atoms. The third kappa shape index (κ3) is 2.69. The van der Waals surface area contributed by atoms with Gasteiger partial charge in [-0.3, -0.25) is 0 Å². The van der Waals surface area contributed by atoms with Crippen LogP contribution in [0.1, 0.15) is 19.3 Å². The Labute approximate surface area is 116 Å². The third-order valence-electron chi connectivity index (χ3n) is 3.81. The first-order valence-electron chi connectivity index (χ1n) is 6.66. The maximum atomic E-state index is 13.9. The Morgan fingerprint density at radius 1 is 1.33 bits per heavy atom. The molecule has 18 heavy (non-hydrogen) atoms. The lowest BCUT2D eigenvalue weighted by atomic mass is 10.1. The zero-order valence-corrected chi connectivity index (χ0v) is 11.9. The monoisotopic (exact) mass is 312 g/mol. The molecular weight excluding hydrogens is 295 g/mol. The number of benzene rings is 1. The van der Waals surface area contributed by atoms with Gasteiger partial charge in [0.05, 0.1) is 5.69 Å². The molecule has 0 aromatic heterocycles. The molecule has 1 N–H and O–H groups in total. The highest BCUT2D eigenvalue weighted by Crippen LogP contribution is 2.33. The molecule has 1 heterocycles. The van der Waals surface area contributed by atoms with Gasteiger partial charge in [0.2, 0.25) is 0 Å². The van der Waals surface area contributed by atoms with Crippen LogP contribution in [0, 0.1) is 11.7 Å². The van der Waals surface area contributed by atoms with Gasteiger partial charge in [-0.1, -0.05) is 6.07 Å². The van der Waals surface area contributed by atoms with Gasteiger partial charge in [-0.25, -0.2) is 4.39 Å². The van der Waals surface area contributed by atoms with Crippen molar-refractivity contribution < 1.29 is 4.39 Å². The van der Waals surface area contributed by atoms with Gasteiger partial charge in [-0.05, 0) is 59.8 Å². The van der Waals surface area contributed by atoms with Crippen molar-refractivity contribution in [3.63, 3.8) is 0 Å². The smallest absolute Gasteiger partial charge is 0.147 e. The second-order valence-corrected chi connectivity index (χ2v) is 6.21. The summed E-state index contributed by atoms with van der Waals surface area (Å²) in [4.78, 5) is 2.17. The number of hydrogen-bond donors (Lipinski definition) is 1. The predicted molar refractivity (Wildman–Crippen MR) is 75.4 cm³/mol. The molecule has 2 nitrogen and oxygen atoms in total. The molecule has 1 saturated carbocycles. The van der Waals surface area contributed by atoms with Crippen LogP contribution in [-0.4, -0.2) is 25.7 Å². The second kappa shape index (κ2) is 5.17. The average Bonchev–Trinajstić information content (AvgIpc) is 3.06. The highest BCUT2D eigenvalue weighted by molar-refractivity contribution is 9.10. The summed E-state index contributed by atoms with van der Waals surface area (Å²) in [6.45, 7) is 2.99. The van der Waals surface area contributed by atoms with E-state index in [0.717, 1.165) is 42.3 Å². The van der Waals surface area contributed by atoms with Crippen LogP contribution in [0.3, 0.4) is 0 Å². The molecule has 1 atom stereocenters. The van der Waals surface area contributed by atoms with Crippen LogP contribution in [0.2, 0.25) is 0 Å². The highest BCUT2D eigenvalue weighted by atomic mass is 79.9. The highest BCUT2D eigenvalue weighted by Gasteiger charge is 2.28. The minimum absolute atomic E-state index is 0.125. The lowest BCUT2D eigenvalue weighted by Gasteiger charge is -2.21. The topological polar surface area (TPSA) is 15.3 Å². The molecule has 1 aliphatic carbocycles. The number of anilines is 1. The number of rotatable bonds is 4. The fraction of sp³-hybridized carbons (Fsp3) is 0.571. The second-order valence-electron chi connectivity index (χ2n) is 5.35. The minimum atomic E-state index is -0.125. The van der Waals surface area contributed by atoms with Gasteiger partial charge >= 0.3 is 0 Å². The zero-order valence-electron chi connectivity index (χ0n) is 10.3. The molecule has 2 fully saturated rings. The molecule has 0 bridgehead atoms. The van der Waals surface area contributed by atoms with E-state index in [1.807, 2.05) is 6.07 Å². The molecule has 2 aliphatic rings. The van der Waals surface area contributed by atoms with Gasteiger partial charge in [0, 0.05) is 23.6 Å². The number of halogens is 2. The summed E-state index contributed by atoms with van der Waals surface area (Å²) in [5, 5.41) is 3.57. The zero-order chi connectivity index (χ0) is 12.5. The van der Waals surface area contributed by atoms with Crippen LogP contribution < -0.4 is 10.2 Å². The van der Waals surface area contributed by atoms with E-state index >= 15 is 0 Å². The van der Waals surface area contributed by atoms with E-state index in [2.05, 4.69) is 26.1 Å². The SMILES string of the molecule is Fc1cccc(Br)c1N1CCC(CNC2CC2)C1. The van der Waals surface area contributed by atoms with Crippen LogP contribution in [0.4, 0.5) is 10.1 Å². The van der Waals surface area contributed by atoms with Gasteiger partial charge in [0.25, 0.3) is 0 Å². The molecule has 0 radical (unpaired) electrons. The van der Waals surface area contributed by atoms with E-state index in [1.54, 1.807) is 6.07 Å². The molecule has 1 aliphatic heterocycles. The van der Waals surface area contributed by atoms with Crippen LogP contribution in [0.5, 0.6) is 0 Å². The Balaban J connectivity index is 1.63. The molecule has 98 valence electrons. The summed E-state index contributed by atoms with van der Waals surface area (Å²) >= 11 is 3.45. The van der Waals surface area contributed by atoms with Crippen molar-refractivity contribution in [3.8, 4) is 0 Å². The lowest BCUT2D eigenvalue weighted by Crippen LogP contribution is -2.28. The van der Waals surface area contributed by atoms with Crippen LogP contribution in [0.25, 0.3) is 0 Å². The number of nitrogens with zero attached hydrogens (tertiary/aromatic N) is 1. The lowest BCUT2D eigenvalue weighted by molar-refractivity contribution is 0.514. The summed E-state index contributed by atoms with van der Waals surface area (Å²) in [5.41, 5.74) is 0.728. The fourth-order valence-electron chi connectivity index (χ4n) is 2.61. The van der Waals surface area contributed by atoms with E-state index < -0.39 is 0 Å². The minimum Gasteiger partial charge on any atom is -0.368 e. The molecule has 1 saturated heterocycles. The first-order valence-corrected chi connectivity index (χ1v) is 7.45. The van der Waals surface area contributed by atoms with Gasteiger partial charge in [-0.15, -0.1) is 0 Å². The fourth-order valence-corrected chi connectivity index (χ4v) is 3.21. The van der Waals surface area contributed by atoms with Crippen molar-refractivity contribution in [1.29, 1.82) is 0 Å². The van der Waals surface area contributed by atoms with Crippen molar-refractivity contribution in [2.24, 2.45) is 5.92 Å². The van der Waals surface area contributed by atoms with Gasteiger partial charge < -0.3 is 10.2 Å². The average molecular weight is 313 g/mol. The summed E-state index contributed by atoms with van der Waals surface area (Å²) in [7, 11) is 0. The maximum Gasteiger partial charge on any atom is 0.147 e. The Hall–Kier alpha value is -0.610. The Morgan fingerprint density at radius 2 is 2.17 bits per heavy atom. The van der Waals surface area contributed by atoms with Gasteiger partial charge in [-0.2, -0.15) is 0 Å². The summed E-state index contributed by atoms with van der Waals surface area (Å²) in [5.74, 6) is 0.525. The van der Waals surface area contributed by atoms with Crippen molar-refractivity contribution in [1.82, 2.24) is 5.32 Å². The quantitative estimate of drug-likeness (QED) is 0.918. The largest absolute Gasteiger partial charge is 0.368 e. The standard InChI is InChI=1S/C14H18BrFN2/c15-12-2-1-3-13(16)14(12)18-7-6-10(9-18)8-17-11-4-5-11/h1-3,10-11,17H,4-9H2.